The highest BCUT2D eigenvalue weighted by Gasteiger charge is 2.05. The van der Waals surface area contributed by atoms with Gasteiger partial charge < -0.3 is 15.4 Å². The van der Waals surface area contributed by atoms with Crippen molar-refractivity contribution in [1.29, 1.82) is 0 Å². The molecular formula is C17H21BrN4O2. The van der Waals surface area contributed by atoms with Gasteiger partial charge in [-0.3, -0.25) is 4.79 Å². The van der Waals surface area contributed by atoms with Crippen LogP contribution in [0.2, 0.25) is 0 Å². The highest BCUT2D eigenvalue weighted by Crippen LogP contribution is 2.25. The number of halogens is 1. The van der Waals surface area contributed by atoms with E-state index in [-0.39, 0.29) is 5.91 Å². The number of nitrogens with zero attached hydrogens (tertiary/aromatic N) is 2. The quantitative estimate of drug-likeness (QED) is 0.641. The van der Waals surface area contributed by atoms with Crippen molar-refractivity contribution >= 4 is 27.8 Å². The second-order valence-corrected chi connectivity index (χ2v) is 6.03. The fraction of sp³-hybridized carbons (Fsp3) is 0.353. The van der Waals surface area contributed by atoms with Crippen LogP contribution in [0.3, 0.4) is 0 Å². The Balaban J connectivity index is 1.60. The number of nitrogens with one attached hydrogen (secondary N) is 2. The normalized spacial score (nSPS) is 10.2. The van der Waals surface area contributed by atoms with Gasteiger partial charge in [-0.1, -0.05) is 6.07 Å². The van der Waals surface area contributed by atoms with Gasteiger partial charge in [-0.05, 0) is 52.5 Å². The van der Waals surface area contributed by atoms with Crippen molar-refractivity contribution < 1.29 is 9.53 Å². The summed E-state index contributed by atoms with van der Waals surface area (Å²) < 4.78 is 6.09. The van der Waals surface area contributed by atoms with Gasteiger partial charge in [0, 0.05) is 31.9 Å². The molecule has 7 heteroatoms. The summed E-state index contributed by atoms with van der Waals surface area (Å²) >= 11 is 3.45. The molecule has 0 aliphatic rings. The van der Waals surface area contributed by atoms with Crippen molar-refractivity contribution in [1.82, 2.24) is 15.3 Å². The number of aromatic nitrogens is 2. The Bertz CT molecular complexity index is 652. The lowest BCUT2D eigenvalue weighted by molar-refractivity contribution is -0.121. The molecule has 0 aliphatic carbocycles. The van der Waals surface area contributed by atoms with E-state index in [1.54, 1.807) is 25.6 Å². The Labute approximate surface area is 150 Å². The molecule has 2 rings (SSSR count). The van der Waals surface area contributed by atoms with Gasteiger partial charge in [0.05, 0.1) is 11.6 Å². The molecule has 1 heterocycles. The third kappa shape index (κ3) is 6.16. The summed E-state index contributed by atoms with van der Waals surface area (Å²) in [4.78, 5) is 20.0. The third-order valence-corrected chi connectivity index (χ3v) is 4.00. The maximum Gasteiger partial charge on any atom is 0.222 e. The van der Waals surface area contributed by atoms with E-state index in [2.05, 4.69) is 36.5 Å². The molecule has 2 aromatic rings. The first-order chi connectivity index (χ1) is 11.7. The number of aryl methyl sites for hydroxylation is 1. The topological polar surface area (TPSA) is 76.1 Å². The molecule has 1 aromatic heterocycles. The first-order valence-electron chi connectivity index (χ1n) is 7.79. The van der Waals surface area contributed by atoms with Crippen LogP contribution in [0.1, 0.15) is 18.4 Å². The highest BCUT2D eigenvalue weighted by molar-refractivity contribution is 9.10. The Hall–Kier alpha value is -2.15. The first kappa shape index (κ1) is 18.2. The molecule has 0 atom stereocenters. The number of rotatable bonds is 9. The van der Waals surface area contributed by atoms with E-state index in [0.717, 1.165) is 28.8 Å². The minimum absolute atomic E-state index is 0.0536. The van der Waals surface area contributed by atoms with Crippen LogP contribution < -0.4 is 15.4 Å². The van der Waals surface area contributed by atoms with Gasteiger partial charge in [-0.25, -0.2) is 9.97 Å². The minimum Gasteiger partial charge on any atom is -0.496 e. The zero-order chi connectivity index (χ0) is 17.2. The molecule has 0 spiro atoms. The van der Waals surface area contributed by atoms with Crippen molar-refractivity contribution in [2.75, 3.05) is 25.5 Å². The lowest BCUT2D eigenvalue weighted by atomic mass is 10.1. The monoisotopic (exact) mass is 392 g/mol. The molecule has 0 saturated heterocycles. The Kier molecular flexibility index (Phi) is 7.48. The Morgan fingerprint density at radius 1 is 1.25 bits per heavy atom. The van der Waals surface area contributed by atoms with E-state index in [9.17, 15) is 4.79 Å². The van der Waals surface area contributed by atoms with Crippen LogP contribution in [0.15, 0.2) is 41.1 Å². The van der Waals surface area contributed by atoms with E-state index in [1.807, 2.05) is 18.2 Å². The summed E-state index contributed by atoms with van der Waals surface area (Å²) in [6.07, 6.45) is 5.36. The summed E-state index contributed by atoms with van der Waals surface area (Å²) in [6, 6.07) is 7.62. The summed E-state index contributed by atoms with van der Waals surface area (Å²) in [5.74, 6) is 1.45. The van der Waals surface area contributed by atoms with Crippen LogP contribution in [0, 0.1) is 0 Å². The molecule has 6 nitrogen and oxygen atoms in total. The molecule has 0 fully saturated rings. The van der Waals surface area contributed by atoms with Crippen molar-refractivity contribution in [3.8, 4) is 5.75 Å². The fourth-order valence-corrected chi connectivity index (χ4v) is 2.71. The number of anilines is 1. The lowest BCUT2D eigenvalue weighted by Gasteiger charge is -2.08. The molecule has 0 aliphatic heterocycles. The van der Waals surface area contributed by atoms with Gasteiger partial charge in [0.1, 0.15) is 5.75 Å². The average Bonchev–Trinajstić information content (AvgIpc) is 2.60. The molecule has 128 valence electrons. The summed E-state index contributed by atoms with van der Waals surface area (Å²) in [5.41, 5.74) is 1.10. The second-order valence-electron chi connectivity index (χ2n) is 5.17. The lowest BCUT2D eigenvalue weighted by Crippen LogP contribution is -2.26. The zero-order valence-electron chi connectivity index (χ0n) is 13.6. The van der Waals surface area contributed by atoms with Gasteiger partial charge in [0.25, 0.3) is 0 Å². The van der Waals surface area contributed by atoms with E-state index in [1.165, 1.54) is 0 Å². The zero-order valence-corrected chi connectivity index (χ0v) is 15.2. The molecular weight excluding hydrogens is 372 g/mol. The van der Waals surface area contributed by atoms with Gasteiger partial charge in [0.2, 0.25) is 11.9 Å². The van der Waals surface area contributed by atoms with E-state index < -0.39 is 0 Å². The average molecular weight is 393 g/mol. The number of carbonyl (C=O) groups excluding carboxylic acids is 1. The van der Waals surface area contributed by atoms with Crippen LogP contribution >= 0.6 is 15.9 Å². The third-order valence-electron chi connectivity index (χ3n) is 3.38. The van der Waals surface area contributed by atoms with Gasteiger partial charge in [0.15, 0.2) is 0 Å². The second kappa shape index (κ2) is 9.87. The van der Waals surface area contributed by atoms with Crippen LogP contribution in [0.25, 0.3) is 0 Å². The molecule has 24 heavy (non-hydrogen) atoms. The van der Waals surface area contributed by atoms with Crippen LogP contribution in [0.4, 0.5) is 5.95 Å². The highest BCUT2D eigenvalue weighted by atomic mass is 79.9. The SMILES string of the molecule is COc1ccc(CCC(=O)NCCCNc2ncccn2)cc1Br. The van der Waals surface area contributed by atoms with E-state index >= 15 is 0 Å². The van der Waals surface area contributed by atoms with Crippen molar-refractivity contribution in [3.05, 3.63) is 46.7 Å². The largest absolute Gasteiger partial charge is 0.496 e. The summed E-state index contributed by atoms with van der Waals surface area (Å²) in [5, 5.41) is 6.02. The van der Waals surface area contributed by atoms with Crippen molar-refractivity contribution in [2.24, 2.45) is 0 Å². The molecule has 0 bridgehead atoms. The number of carbonyl (C=O) groups is 1. The molecule has 0 radical (unpaired) electrons. The molecule has 0 saturated carbocycles. The minimum atomic E-state index is 0.0536. The van der Waals surface area contributed by atoms with Crippen molar-refractivity contribution in [2.45, 2.75) is 19.3 Å². The molecule has 2 N–H and O–H groups in total. The maximum atomic E-state index is 11.9. The Morgan fingerprint density at radius 2 is 2.04 bits per heavy atom. The maximum absolute atomic E-state index is 11.9. The van der Waals surface area contributed by atoms with Gasteiger partial charge in [-0.2, -0.15) is 0 Å². The molecule has 0 unspecified atom stereocenters. The summed E-state index contributed by atoms with van der Waals surface area (Å²) in [6.45, 7) is 1.35. The summed E-state index contributed by atoms with van der Waals surface area (Å²) in [7, 11) is 1.63. The van der Waals surface area contributed by atoms with Gasteiger partial charge in [-0.15, -0.1) is 0 Å². The fourth-order valence-electron chi connectivity index (χ4n) is 2.12. The number of amides is 1. The van der Waals surface area contributed by atoms with E-state index in [4.69, 9.17) is 4.74 Å². The van der Waals surface area contributed by atoms with Crippen LogP contribution in [-0.2, 0) is 11.2 Å². The van der Waals surface area contributed by atoms with Crippen molar-refractivity contribution in [3.63, 3.8) is 0 Å². The number of hydrogen-bond donors (Lipinski definition) is 2. The number of hydrogen-bond acceptors (Lipinski definition) is 5. The smallest absolute Gasteiger partial charge is 0.222 e. The standard InChI is InChI=1S/C17H21BrN4O2/c1-24-15-6-4-13(12-14(15)18)5-7-16(23)19-8-2-9-20-17-21-10-3-11-22-17/h3-4,6,10-12H,2,5,7-9H2,1H3,(H,19,23)(H,20,21,22). The predicted octanol–water partition coefficient (Wildman–Crippen LogP) is 2.80. The predicted molar refractivity (Wildman–Crippen MR) is 97.2 cm³/mol. The first-order valence-corrected chi connectivity index (χ1v) is 8.58. The number of benzene rings is 1. The Morgan fingerprint density at radius 3 is 2.75 bits per heavy atom. The number of methoxy groups -OCH3 is 1. The van der Waals surface area contributed by atoms with Crippen LogP contribution in [0.5, 0.6) is 5.75 Å². The molecule has 1 aromatic carbocycles. The molecule has 1 amide bonds. The number of ether oxygens (including phenoxy) is 1. The van der Waals surface area contributed by atoms with Crippen LogP contribution in [-0.4, -0.2) is 36.1 Å². The van der Waals surface area contributed by atoms with E-state index in [0.29, 0.717) is 25.3 Å². The van der Waals surface area contributed by atoms with Gasteiger partial charge >= 0.3 is 0 Å².